The fraction of sp³-hybridized carbons (Fsp3) is 0.250. The molecule has 0 N–H and O–H groups in total. The van der Waals surface area contributed by atoms with Crippen LogP contribution in [0, 0.1) is 0 Å². The first-order valence-corrected chi connectivity index (χ1v) is 4.35. The molecule has 0 aliphatic heterocycles. The van der Waals surface area contributed by atoms with Crippen LogP contribution in [0.5, 0.6) is 0 Å². The summed E-state index contributed by atoms with van der Waals surface area (Å²) in [7, 11) is 1.92. The van der Waals surface area contributed by atoms with E-state index >= 15 is 0 Å². The van der Waals surface area contributed by atoms with Crippen LogP contribution in [0.3, 0.4) is 0 Å². The van der Waals surface area contributed by atoms with Gasteiger partial charge in [-0.3, -0.25) is 0 Å². The maximum absolute atomic E-state index is 5.54. The Morgan fingerprint density at radius 3 is 3.00 bits per heavy atom. The molecule has 4 nitrogen and oxygen atoms in total. The van der Waals surface area contributed by atoms with Crippen molar-refractivity contribution in [3.05, 3.63) is 24.2 Å². The molecule has 0 aliphatic carbocycles. The standard InChI is InChI=1S/C8H8ClN3O/c1-12-4-2-3-6(12)8-10-7(5-9)13-11-8/h2-4H,5H2,1H3. The lowest BCUT2D eigenvalue weighted by Gasteiger charge is -1.94. The predicted octanol–water partition coefficient (Wildman–Crippen LogP) is 1.81. The van der Waals surface area contributed by atoms with E-state index in [0.717, 1.165) is 5.69 Å². The van der Waals surface area contributed by atoms with Crippen molar-refractivity contribution < 1.29 is 4.52 Å². The Balaban J connectivity index is 2.41. The molecule has 2 heterocycles. The molecule has 2 aromatic heterocycles. The van der Waals surface area contributed by atoms with Gasteiger partial charge in [0.2, 0.25) is 11.7 Å². The second-order valence-electron chi connectivity index (χ2n) is 2.65. The molecule has 0 saturated carbocycles. The van der Waals surface area contributed by atoms with E-state index < -0.39 is 0 Å². The Morgan fingerprint density at radius 2 is 2.46 bits per heavy atom. The largest absolute Gasteiger partial charge is 0.348 e. The zero-order chi connectivity index (χ0) is 9.26. The molecule has 2 rings (SSSR count). The summed E-state index contributed by atoms with van der Waals surface area (Å²) in [6.07, 6.45) is 1.92. The molecule has 0 aliphatic rings. The average Bonchev–Trinajstić information content (AvgIpc) is 2.71. The summed E-state index contributed by atoms with van der Waals surface area (Å²) < 4.78 is 6.81. The number of halogens is 1. The van der Waals surface area contributed by atoms with Crippen LogP contribution in [0.15, 0.2) is 22.9 Å². The van der Waals surface area contributed by atoms with E-state index in [1.54, 1.807) is 0 Å². The smallest absolute Gasteiger partial charge is 0.241 e. The van der Waals surface area contributed by atoms with E-state index in [9.17, 15) is 0 Å². The van der Waals surface area contributed by atoms with Crippen molar-refractivity contribution in [2.75, 3.05) is 0 Å². The summed E-state index contributed by atoms with van der Waals surface area (Å²) in [6.45, 7) is 0. The minimum Gasteiger partial charge on any atom is -0.348 e. The van der Waals surface area contributed by atoms with Crippen LogP contribution >= 0.6 is 11.6 Å². The van der Waals surface area contributed by atoms with Gasteiger partial charge in [-0.2, -0.15) is 4.98 Å². The first-order valence-electron chi connectivity index (χ1n) is 3.81. The van der Waals surface area contributed by atoms with Gasteiger partial charge in [0.15, 0.2) is 0 Å². The van der Waals surface area contributed by atoms with Crippen molar-refractivity contribution in [2.45, 2.75) is 5.88 Å². The number of hydrogen-bond acceptors (Lipinski definition) is 3. The second-order valence-corrected chi connectivity index (χ2v) is 2.92. The highest BCUT2D eigenvalue weighted by molar-refractivity contribution is 6.16. The van der Waals surface area contributed by atoms with Gasteiger partial charge in [-0.1, -0.05) is 5.16 Å². The van der Waals surface area contributed by atoms with E-state index in [-0.39, 0.29) is 5.88 Å². The maximum atomic E-state index is 5.54. The van der Waals surface area contributed by atoms with Gasteiger partial charge in [-0.25, -0.2) is 0 Å². The summed E-state index contributed by atoms with van der Waals surface area (Å²) in [5, 5.41) is 3.80. The van der Waals surface area contributed by atoms with Gasteiger partial charge < -0.3 is 9.09 Å². The average molecular weight is 198 g/mol. The maximum Gasteiger partial charge on any atom is 0.241 e. The molecule has 0 amide bonds. The first kappa shape index (κ1) is 8.31. The lowest BCUT2D eigenvalue weighted by atomic mass is 10.4. The fourth-order valence-electron chi connectivity index (χ4n) is 1.11. The van der Waals surface area contributed by atoms with E-state index in [1.165, 1.54) is 0 Å². The second kappa shape index (κ2) is 3.22. The summed E-state index contributed by atoms with van der Waals surface area (Å²) in [5.74, 6) is 1.26. The minimum absolute atomic E-state index is 0.247. The molecule has 0 saturated heterocycles. The number of aryl methyl sites for hydroxylation is 1. The Labute approximate surface area is 80.1 Å². The Hall–Kier alpha value is -1.29. The molecule has 0 aromatic carbocycles. The Bertz CT molecular complexity index is 407. The summed E-state index contributed by atoms with van der Waals surface area (Å²) in [5.41, 5.74) is 0.917. The summed E-state index contributed by atoms with van der Waals surface area (Å²) in [4.78, 5) is 4.10. The third kappa shape index (κ3) is 1.45. The molecule has 0 radical (unpaired) electrons. The molecule has 0 fully saturated rings. The number of aromatic nitrogens is 3. The van der Waals surface area contributed by atoms with Crippen molar-refractivity contribution >= 4 is 11.6 Å². The van der Waals surface area contributed by atoms with E-state index in [2.05, 4.69) is 10.1 Å². The highest BCUT2D eigenvalue weighted by atomic mass is 35.5. The fourth-order valence-corrected chi connectivity index (χ4v) is 1.22. The Morgan fingerprint density at radius 1 is 1.62 bits per heavy atom. The SMILES string of the molecule is Cn1cccc1-c1noc(CCl)n1. The number of alkyl halides is 1. The molecule has 0 unspecified atom stereocenters. The quantitative estimate of drug-likeness (QED) is 0.690. The van der Waals surface area contributed by atoms with Gasteiger partial charge in [0.25, 0.3) is 0 Å². The predicted molar refractivity (Wildman–Crippen MR) is 48.3 cm³/mol. The van der Waals surface area contributed by atoms with Crippen LogP contribution in [0.4, 0.5) is 0 Å². The third-order valence-corrected chi connectivity index (χ3v) is 1.98. The topological polar surface area (TPSA) is 43.9 Å². The van der Waals surface area contributed by atoms with Crippen LogP contribution in [-0.4, -0.2) is 14.7 Å². The van der Waals surface area contributed by atoms with Crippen molar-refractivity contribution in [3.8, 4) is 11.5 Å². The summed E-state index contributed by atoms with van der Waals surface area (Å²) >= 11 is 5.54. The normalized spacial score (nSPS) is 10.6. The van der Waals surface area contributed by atoms with Gasteiger partial charge >= 0.3 is 0 Å². The molecule has 68 valence electrons. The van der Waals surface area contributed by atoms with Crippen LogP contribution in [0.1, 0.15) is 5.89 Å². The molecular formula is C8H8ClN3O. The lowest BCUT2D eigenvalue weighted by Crippen LogP contribution is -1.90. The molecular weight excluding hydrogens is 190 g/mol. The number of nitrogens with zero attached hydrogens (tertiary/aromatic N) is 3. The lowest BCUT2D eigenvalue weighted by molar-refractivity contribution is 0.390. The number of hydrogen-bond donors (Lipinski definition) is 0. The first-order chi connectivity index (χ1) is 6.31. The van der Waals surface area contributed by atoms with Crippen molar-refractivity contribution in [3.63, 3.8) is 0 Å². The molecule has 5 heteroatoms. The zero-order valence-corrected chi connectivity index (χ0v) is 7.82. The minimum atomic E-state index is 0.247. The highest BCUT2D eigenvalue weighted by Gasteiger charge is 2.09. The van der Waals surface area contributed by atoms with Crippen molar-refractivity contribution in [1.29, 1.82) is 0 Å². The van der Waals surface area contributed by atoms with Crippen LogP contribution in [0.25, 0.3) is 11.5 Å². The Kier molecular flexibility index (Phi) is 2.06. The van der Waals surface area contributed by atoms with Crippen molar-refractivity contribution in [1.82, 2.24) is 14.7 Å². The van der Waals surface area contributed by atoms with E-state index in [1.807, 2.05) is 29.9 Å². The van der Waals surface area contributed by atoms with Gasteiger partial charge in [-0.15, -0.1) is 11.6 Å². The van der Waals surface area contributed by atoms with Gasteiger partial charge in [0.05, 0.1) is 5.69 Å². The molecule has 2 aromatic rings. The van der Waals surface area contributed by atoms with Gasteiger partial charge in [-0.05, 0) is 12.1 Å². The molecule has 13 heavy (non-hydrogen) atoms. The van der Waals surface area contributed by atoms with Gasteiger partial charge in [0, 0.05) is 13.2 Å². The zero-order valence-electron chi connectivity index (χ0n) is 7.07. The van der Waals surface area contributed by atoms with Crippen molar-refractivity contribution in [2.24, 2.45) is 7.05 Å². The number of rotatable bonds is 2. The van der Waals surface area contributed by atoms with E-state index in [4.69, 9.17) is 16.1 Å². The third-order valence-electron chi connectivity index (χ3n) is 1.76. The van der Waals surface area contributed by atoms with Gasteiger partial charge in [0.1, 0.15) is 5.88 Å². The molecule has 0 spiro atoms. The van der Waals surface area contributed by atoms with Crippen LogP contribution in [0.2, 0.25) is 0 Å². The van der Waals surface area contributed by atoms with Crippen LogP contribution < -0.4 is 0 Å². The van der Waals surface area contributed by atoms with Crippen LogP contribution in [-0.2, 0) is 12.9 Å². The van der Waals surface area contributed by atoms with E-state index in [0.29, 0.717) is 11.7 Å². The monoisotopic (exact) mass is 197 g/mol. The molecule has 0 atom stereocenters. The molecule has 0 bridgehead atoms. The summed E-state index contributed by atoms with van der Waals surface area (Å²) in [6, 6.07) is 3.84. The highest BCUT2D eigenvalue weighted by Crippen LogP contribution is 2.15.